The highest BCUT2D eigenvalue weighted by molar-refractivity contribution is 5.98. The SMILES string of the molecule is CNC(NC(C)(C)C)(NC(C)(C)C)O[SiH3]. The van der Waals surface area contributed by atoms with Crippen LogP contribution in [0.25, 0.3) is 0 Å². The molecule has 0 fully saturated rings. The predicted octanol–water partition coefficient (Wildman–Crippen LogP) is -0.110. The van der Waals surface area contributed by atoms with Crippen LogP contribution in [0.4, 0.5) is 0 Å². The van der Waals surface area contributed by atoms with Gasteiger partial charge in [0.25, 0.3) is 0 Å². The molecule has 92 valence electrons. The average Bonchev–Trinajstić information content (AvgIpc) is 1.98. The molecule has 0 bridgehead atoms. The summed E-state index contributed by atoms with van der Waals surface area (Å²) in [5, 5.41) is 10.0. The van der Waals surface area contributed by atoms with E-state index in [9.17, 15) is 0 Å². The van der Waals surface area contributed by atoms with Gasteiger partial charge in [0.15, 0.2) is 10.5 Å². The second-order valence-corrected chi connectivity index (χ2v) is 6.29. The lowest BCUT2D eigenvalue weighted by atomic mass is 10.1. The van der Waals surface area contributed by atoms with Gasteiger partial charge in [0.2, 0.25) is 5.97 Å². The van der Waals surface area contributed by atoms with Gasteiger partial charge in [-0.05, 0) is 48.6 Å². The summed E-state index contributed by atoms with van der Waals surface area (Å²) in [4.78, 5) is 0. The summed E-state index contributed by atoms with van der Waals surface area (Å²) in [6, 6.07) is 0. The van der Waals surface area contributed by atoms with E-state index in [1.165, 1.54) is 0 Å². The van der Waals surface area contributed by atoms with Crippen LogP contribution in [0.1, 0.15) is 41.5 Å². The molecule has 15 heavy (non-hydrogen) atoms. The molecule has 0 saturated carbocycles. The second kappa shape index (κ2) is 4.93. The Bertz CT molecular complexity index is 174. The smallest absolute Gasteiger partial charge is 0.225 e. The zero-order valence-electron chi connectivity index (χ0n) is 11.4. The lowest BCUT2D eigenvalue weighted by Gasteiger charge is -2.43. The van der Waals surface area contributed by atoms with Crippen LogP contribution in [-0.2, 0) is 4.43 Å². The summed E-state index contributed by atoms with van der Waals surface area (Å²) in [6.07, 6.45) is 0. The summed E-state index contributed by atoms with van der Waals surface area (Å²) in [5.74, 6) is -0.636. The molecule has 0 amide bonds. The van der Waals surface area contributed by atoms with Crippen LogP contribution in [0.2, 0.25) is 0 Å². The van der Waals surface area contributed by atoms with Crippen LogP contribution >= 0.6 is 0 Å². The van der Waals surface area contributed by atoms with Gasteiger partial charge >= 0.3 is 0 Å². The minimum atomic E-state index is -0.636. The molecule has 4 nitrogen and oxygen atoms in total. The molecule has 0 aromatic rings. The van der Waals surface area contributed by atoms with Gasteiger partial charge in [-0.15, -0.1) is 0 Å². The number of rotatable bonds is 4. The summed E-state index contributed by atoms with van der Waals surface area (Å²) in [5.41, 5.74) is -0.0443. The van der Waals surface area contributed by atoms with Crippen molar-refractivity contribution in [1.82, 2.24) is 16.0 Å². The van der Waals surface area contributed by atoms with E-state index in [1.807, 2.05) is 7.05 Å². The fraction of sp³-hybridized carbons (Fsp3) is 1.00. The maximum atomic E-state index is 5.64. The van der Waals surface area contributed by atoms with Gasteiger partial charge in [-0.25, -0.2) is 0 Å². The molecule has 0 unspecified atom stereocenters. The molecular weight excluding hydrogens is 206 g/mol. The summed E-state index contributed by atoms with van der Waals surface area (Å²) in [7, 11) is 2.54. The Hall–Kier alpha value is 0.0569. The Kier molecular flexibility index (Phi) is 4.94. The average molecular weight is 233 g/mol. The van der Waals surface area contributed by atoms with Crippen LogP contribution in [0, 0.1) is 0 Å². The molecule has 0 aromatic heterocycles. The van der Waals surface area contributed by atoms with E-state index in [0.29, 0.717) is 10.5 Å². The monoisotopic (exact) mass is 233 g/mol. The van der Waals surface area contributed by atoms with Crippen molar-refractivity contribution in [3.05, 3.63) is 0 Å². The standard InChI is InChI=1S/C10H27N3OSi/c1-8(2,3)12-10(11-7,14-15)13-9(4,5)6/h11-13H,1-7,15H3. The first kappa shape index (κ1) is 15.1. The fourth-order valence-electron chi connectivity index (χ4n) is 1.42. The van der Waals surface area contributed by atoms with Gasteiger partial charge in [-0.1, -0.05) is 0 Å². The first-order valence-corrected chi connectivity index (χ1v) is 6.18. The second-order valence-electron chi connectivity index (χ2n) is 5.89. The van der Waals surface area contributed by atoms with E-state index in [4.69, 9.17) is 4.43 Å². The van der Waals surface area contributed by atoms with Crippen molar-refractivity contribution in [2.24, 2.45) is 0 Å². The van der Waals surface area contributed by atoms with E-state index >= 15 is 0 Å². The molecule has 0 aliphatic rings. The lowest BCUT2D eigenvalue weighted by Crippen LogP contribution is -2.74. The molecule has 3 N–H and O–H groups in total. The molecule has 0 heterocycles. The minimum absolute atomic E-state index is 0.0222. The Labute approximate surface area is 97.1 Å². The van der Waals surface area contributed by atoms with Gasteiger partial charge in [0.1, 0.15) is 0 Å². The Morgan fingerprint density at radius 3 is 1.33 bits per heavy atom. The maximum absolute atomic E-state index is 5.64. The topological polar surface area (TPSA) is 45.3 Å². The van der Waals surface area contributed by atoms with Crippen molar-refractivity contribution in [2.75, 3.05) is 7.05 Å². The van der Waals surface area contributed by atoms with E-state index in [-0.39, 0.29) is 11.1 Å². The van der Waals surface area contributed by atoms with Gasteiger partial charge in [0.05, 0.1) is 0 Å². The fourth-order valence-corrected chi connectivity index (χ4v) is 1.82. The van der Waals surface area contributed by atoms with Crippen molar-refractivity contribution in [1.29, 1.82) is 0 Å². The number of nitrogens with one attached hydrogen (secondary N) is 3. The van der Waals surface area contributed by atoms with Crippen molar-refractivity contribution in [3.63, 3.8) is 0 Å². The van der Waals surface area contributed by atoms with E-state index in [0.717, 1.165) is 0 Å². The summed E-state index contributed by atoms with van der Waals surface area (Å²) >= 11 is 0. The first-order chi connectivity index (χ1) is 6.54. The third-order valence-electron chi connectivity index (χ3n) is 1.76. The highest BCUT2D eigenvalue weighted by Gasteiger charge is 2.34. The van der Waals surface area contributed by atoms with E-state index in [2.05, 4.69) is 57.5 Å². The predicted molar refractivity (Wildman–Crippen MR) is 68.6 cm³/mol. The highest BCUT2D eigenvalue weighted by Crippen LogP contribution is 2.11. The molecule has 0 aliphatic carbocycles. The highest BCUT2D eigenvalue weighted by atomic mass is 28.2. The molecule has 0 atom stereocenters. The number of hydrogen-bond donors (Lipinski definition) is 3. The van der Waals surface area contributed by atoms with Crippen molar-refractivity contribution >= 4 is 10.5 Å². The van der Waals surface area contributed by atoms with Gasteiger partial charge in [0, 0.05) is 11.1 Å². The van der Waals surface area contributed by atoms with Gasteiger partial charge in [-0.2, -0.15) is 0 Å². The minimum Gasteiger partial charge on any atom is -0.387 e. The quantitative estimate of drug-likeness (QED) is 0.468. The van der Waals surface area contributed by atoms with Gasteiger partial charge < -0.3 is 4.43 Å². The normalized spacial score (nSPS) is 14.6. The van der Waals surface area contributed by atoms with Crippen molar-refractivity contribution in [2.45, 2.75) is 58.6 Å². The van der Waals surface area contributed by atoms with Crippen LogP contribution in [0.3, 0.4) is 0 Å². The lowest BCUT2D eigenvalue weighted by molar-refractivity contribution is -0.0601. The summed E-state index contributed by atoms with van der Waals surface area (Å²) in [6.45, 7) is 12.7. The largest absolute Gasteiger partial charge is 0.387 e. The van der Waals surface area contributed by atoms with Crippen LogP contribution in [0.15, 0.2) is 0 Å². The number of hydrogen-bond acceptors (Lipinski definition) is 4. The Morgan fingerprint density at radius 1 is 0.867 bits per heavy atom. The van der Waals surface area contributed by atoms with Crippen LogP contribution in [0.5, 0.6) is 0 Å². The third-order valence-corrected chi connectivity index (χ3v) is 2.37. The molecule has 0 rings (SSSR count). The molecule has 0 aliphatic heterocycles. The first-order valence-electron chi connectivity index (χ1n) is 5.36. The Morgan fingerprint density at radius 2 is 1.20 bits per heavy atom. The van der Waals surface area contributed by atoms with E-state index in [1.54, 1.807) is 0 Å². The zero-order chi connectivity index (χ0) is 12.3. The van der Waals surface area contributed by atoms with Crippen molar-refractivity contribution < 1.29 is 4.43 Å². The summed E-state index contributed by atoms with van der Waals surface area (Å²) < 4.78 is 5.64. The zero-order valence-corrected chi connectivity index (χ0v) is 13.4. The molecule has 0 radical (unpaired) electrons. The molecule has 0 saturated heterocycles. The molecular formula is C10H27N3OSi. The van der Waals surface area contributed by atoms with Gasteiger partial charge in [-0.3, -0.25) is 16.0 Å². The van der Waals surface area contributed by atoms with Crippen LogP contribution in [-0.4, -0.2) is 34.6 Å². The third kappa shape index (κ3) is 6.27. The molecule has 5 heteroatoms. The Balaban J connectivity index is 4.74. The molecule has 0 aromatic carbocycles. The van der Waals surface area contributed by atoms with Crippen LogP contribution < -0.4 is 16.0 Å². The van der Waals surface area contributed by atoms with E-state index < -0.39 is 5.97 Å². The van der Waals surface area contributed by atoms with Crippen molar-refractivity contribution in [3.8, 4) is 0 Å². The molecule has 0 spiro atoms. The maximum Gasteiger partial charge on any atom is 0.225 e.